The number of halogens is 3. The van der Waals surface area contributed by atoms with Gasteiger partial charge in [0, 0.05) is 22.9 Å². The lowest BCUT2D eigenvalue weighted by molar-refractivity contribution is 0.0723. The molecule has 0 saturated carbocycles. The fourth-order valence-electron chi connectivity index (χ4n) is 1.28. The van der Waals surface area contributed by atoms with Crippen molar-refractivity contribution in [3.8, 4) is 0 Å². The van der Waals surface area contributed by atoms with Gasteiger partial charge in [-0.3, -0.25) is 4.79 Å². The minimum absolute atomic E-state index is 0.0343. The molecule has 1 aromatic rings. The number of alkyl halides is 1. The van der Waals surface area contributed by atoms with Gasteiger partial charge in [-0.15, -0.1) is 22.9 Å². The smallest absolute Gasteiger partial charge is 0.264 e. The predicted octanol–water partition coefficient (Wildman–Crippen LogP) is 4.36. The summed E-state index contributed by atoms with van der Waals surface area (Å²) in [5, 5.41) is 0. The molecule has 1 heterocycles. The molecule has 6 heteroatoms. The summed E-state index contributed by atoms with van der Waals surface area (Å²) in [6.45, 7) is 4.55. The van der Waals surface area contributed by atoms with E-state index in [1.165, 1.54) is 11.3 Å². The monoisotopic (exact) mass is 387 g/mol. The summed E-state index contributed by atoms with van der Waals surface area (Å²) >= 11 is 13.9. The first kappa shape index (κ1) is 14.5. The van der Waals surface area contributed by atoms with Crippen molar-refractivity contribution in [3.63, 3.8) is 0 Å². The second-order valence-corrected chi connectivity index (χ2v) is 7.12. The van der Waals surface area contributed by atoms with Crippen LogP contribution in [0.3, 0.4) is 0 Å². The average Bonchev–Trinajstić information content (AvgIpc) is 2.54. The quantitative estimate of drug-likeness (QED) is 0.701. The van der Waals surface area contributed by atoms with Gasteiger partial charge in [0.1, 0.15) is 0 Å². The van der Waals surface area contributed by atoms with E-state index < -0.39 is 0 Å². The summed E-state index contributed by atoms with van der Waals surface area (Å²) < 4.78 is 1.85. The van der Waals surface area contributed by atoms with Crippen molar-refractivity contribution in [3.05, 3.63) is 19.2 Å². The normalized spacial score (nSPS) is 10.9. The Morgan fingerprint density at radius 1 is 1.56 bits per heavy atom. The van der Waals surface area contributed by atoms with E-state index in [9.17, 15) is 4.79 Å². The molecule has 0 aromatic carbocycles. The minimum Gasteiger partial charge on any atom is -0.334 e. The van der Waals surface area contributed by atoms with Crippen LogP contribution >= 0.6 is 54.8 Å². The van der Waals surface area contributed by atoms with Gasteiger partial charge in [0.05, 0.1) is 8.66 Å². The third-order valence-corrected chi connectivity index (χ3v) is 5.48. The highest BCUT2D eigenvalue weighted by atomic mass is 79.9. The molecule has 0 radical (unpaired) electrons. The Kier molecular flexibility index (Phi) is 5.77. The van der Waals surface area contributed by atoms with Gasteiger partial charge in [-0.25, -0.2) is 0 Å². The molecule has 0 aliphatic carbocycles. The number of rotatable bonds is 4. The summed E-state index contributed by atoms with van der Waals surface area (Å²) in [6, 6.07) is 1.99. The van der Waals surface area contributed by atoms with Crippen LogP contribution in [0, 0.1) is 0 Å². The zero-order valence-electron chi connectivity index (χ0n) is 8.97. The Morgan fingerprint density at radius 2 is 2.19 bits per heavy atom. The van der Waals surface area contributed by atoms with Crippen molar-refractivity contribution in [1.29, 1.82) is 0 Å². The summed E-state index contributed by atoms with van der Waals surface area (Å²) in [4.78, 5) is 14.7. The molecule has 0 unspecified atom stereocenters. The molecule has 16 heavy (non-hydrogen) atoms. The highest BCUT2D eigenvalue weighted by molar-refractivity contribution is 9.13. The van der Waals surface area contributed by atoms with Crippen LogP contribution in [0.4, 0.5) is 0 Å². The number of hydrogen-bond acceptors (Lipinski definition) is 2. The standard InChI is InChI=1S/C10H12Br2ClNOS/c1-6(2)14(4-3-13)10(15)8-5-7(11)9(12)16-8/h5-6H,3-4H2,1-2H3. The van der Waals surface area contributed by atoms with Crippen LogP contribution in [0.25, 0.3) is 0 Å². The van der Waals surface area contributed by atoms with E-state index in [2.05, 4.69) is 31.9 Å². The molecule has 0 spiro atoms. The fourth-order valence-corrected chi connectivity index (χ4v) is 3.45. The van der Waals surface area contributed by atoms with Crippen LogP contribution in [0.15, 0.2) is 14.3 Å². The minimum atomic E-state index is 0.0343. The first-order valence-electron chi connectivity index (χ1n) is 4.79. The van der Waals surface area contributed by atoms with E-state index in [0.717, 1.165) is 13.1 Å². The first-order chi connectivity index (χ1) is 7.47. The molecule has 2 nitrogen and oxygen atoms in total. The lowest BCUT2D eigenvalue weighted by Gasteiger charge is -2.25. The maximum atomic E-state index is 12.2. The highest BCUT2D eigenvalue weighted by Gasteiger charge is 2.20. The molecule has 1 rings (SSSR count). The molecule has 0 fully saturated rings. The number of thiophene rings is 1. The number of nitrogens with zero attached hydrogens (tertiary/aromatic N) is 1. The van der Waals surface area contributed by atoms with Crippen molar-refractivity contribution in [2.45, 2.75) is 19.9 Å². The van der Waals surface area contributed by atoms with Gasteiger partial charge in [0.25, 0.3) is 5.91 Å². The highest BCUT2D eigenvalue weighted by Crippen LogP contribution is 2.33. The Hall–Kier alpha value is 0.420. The predicted molar refractivity (Wildman–Crippen MR) is 76.6 cm³/mol. The first-order valence-corrected chi connectivity index (χ1v) is 7.72. The van der Waals surface area contributed by atoms with Gasteiger partial charge >= 0.3 is 0 Å². The summed E-state index contributed by atoms with van der Waals surface area (Å²) in [5.74, 6) is 0.490. The molecule has 0 N–H and O–H groups in total. The maximum absolute atomic E-state index is 12.2. The summed E-state index contributed by atoms with van der Waals surface area (Å²) in [5.41, 5.74) is 0. The number of carbonyl (C=O) groups excluding carboxylic acids is 1. The third-order valence-electron chi connectivity index (χ3n) is 2.07. The van der Waals surface area contributed by atoms with E-state index in [1.807, 2.05) is 19.9 Å². The van der Waals surface area contributed by atoms with E-state index in [4.69, 9.17) is 11.6 Å². The summed E-state index contributed by atoms with van der Waals surface area (Å²) in [7, 11) is 0. The topological polar surface area (TPSA) is 20.3 Å². The van der Waals surface area contributed by atoms with Crippen LogP contribution in [0.1, 0.15) is 23.5 Å². The molecule has 0 saturated heterocycles. The van der Waals surface area contributed by atoms with Crippen LogP contribution in [0.2, 0.25) is 0 Å². The van der Waals surface area contributed by atoms with Gasteiger partial charge in [-0.2, -0.15) is 0 Å². The third kappa shape index (κ3) is 3.45. The molecular formula is C10H12Br2ClNOS. The molecule has 1 aromatic heterocycles. The summed E-state index contributed by atoms with van der Waals surface area (Å²) in [6.07, 6.45) is 0. The number of carbonyl (C=O) groups is 1. The van der Waals surface area contributed by atoms with Gasteiger partial charge in [-0.05, 0) is 51.8 Å². The SMILES string of the molecule is CC(C)N(CCCl)C(=O)c1cc(Br)c(Br)s1. The van der Waals surface area contributed by atoms with Crippen molar-refractivity contribution in [2.24, 2.45) is 0 Å². The molecular weight excluding hydrogens is 377 g/mol. The van der Waals surface area contributed by atoms with Gasteiger partial charge in [0.15, 0.2) is 0 Å². The van der Waals surface area contributed by atoms with Crippen molar-refractivity contribution in [2.75, 3.05) is 12.4 Å². The number of amides is 1. The van der Waals surface area contributed by atoms with E-state index in [0.29, 0.717) is 12.4 Å². The van der Waals surface area contributed by atoms with E-state index >= 15 is 0 Å². The second kappa shape index (κ2) is 6.38. The van der Waals surface area contributed by atoms with Crippen molar-refractivity contribution < 1.29 is 4.79 Å². The van der Waals surface area contributed by atoms with E-state index in [1.54, 1.807) is 4.90 Å². The van der Waals surface area contributed by atoms with Gasteiger partial charge < -0.3 is 4.90 Å². The van der Waals surface area contributed by atoms with Crippen LogP contribution in [-0.2, 0) is 0 Å². The lowest BCUT2D eigenvalue weighted by atomic mass is 10.3. The molecule has 0 atom stereocenters. The Balaban J connectivity index is 2.90. The lowest BCUT2D eigenvalue weighted by Crippen LogP contribution is -2.37. The zero-order valence-corrected chi connectivity index (χ0v) is 13.7. The second-order valence-electron chi connectivity index (χ2n) is 3.51. The van der Waals surface area contributed by atoms with Crippen LogP contribution in [-0.4, -0.2) is 29.3 Å². The fraction of sp³-hybridized carbons (Fsp3) is 0.500. The number of hydrogen-bond donors (Lipinski definition) is 0. The van der Waals surface area contributed by atoms with Gasteiger partial charge in [0.2, 0.25) is 0 Å². The Morgan fingerprint density at radius 3 is 2.56 bits per heavy atom. The average molecular weight is 390 g/mol. The largest absolute Gasteiger partial charge is 0.334 e. The molecule has 0 bridgehead atoms. The van der Waals surface area contributed by atoms with Crippen LogP contribution < -0.4 is 0 Å². The molecule has 1 amide bonds. The Labute approximate surface area is 121 Å². The maximum Gasteiger partial charge on any atom is 0.264 e. The molecule has 0 aliphatic rings. The zero-order chi connectivity index (χ0) is 12.3. The molecule has 90 valence electrons. The van der Waals surface area contributed by atoms with Crippen molar-refractivity contribution in [1.82, 2.24) is 4.90 Å². The van der Waals surface area contributed by atoms with Crippen molar-refractivity contribution >= 4 is 60.7 Å². The van der Waals surface area contributed by atoms with Gasteiger partial charge in [-0.1, -0.05) is 0 Å². The molecule has 0 aliphatic heterocycles. The Bertz CT molecular complexity index is 361. The van der Waals surface area contributed by atoms with Crippen LogP contribution in [0.5, 0.6) is 0 Å². The van der Waals surface area contributed by atoms with E-state index in [-0.39, 0.29) is 11.9 Å².